The van der Waals surface area contributed by atoms with Crippen molar-refractivity contribution in [2.75, 3.05) is 5.32 Å². The molecule has 3 aromatic heterocycles. The lowest BCUT2D eigenvalue weighted by Crippen LogP contribution is -2.23. The van der Waals surface area contributed by atoms with Crippen molar-refractivity contribution in [2.45, 2.75) is 20.4 Å². The van der Waals surface area contributed by atoms with Crippen LogP contribution < -0.4 is 10.9 Å². The number of carbonyl (C=O) groups is 1. The van der Waals surface area contributed by atoms with E-state index in [9.17, 15) is 9.59 Å². The molecule has 0 aliphatic heterocycles. The number of hydrogen-bond acceptors (Lipinski definition) is 4. The summed E-state index contributed by atoms with van der Waals surface area (Å²) in [5, 5.41) is 2.40. The van der Waals surface area contributed by atoms with E-state index in [2.05, 4.69) is 20.3 Å². The Morgan fingerprint density at radius 1 is 1.38 bits per heavy atom. The number of nitrogens with one attached hydrogen (secondary N) is 2. The number of amides is 1. The lowest BCUT2D eigenvalue weighted by molar-refractivity contribution is -0.105. The SMILES string of the molecule is CC(C)=Cc1cncc2[nH]c(Cn3cccc(NC=O)c3=O)nc12. The van der Waals surface area contributed by atoms with E-state index in [1.807, 2.05) is 19.9 Å². The van der Waals surface area contributed by atoms with Crippen LogP contribution in [0.4, 0.5) is 5.69 Å². The molecule has 7 heteroatoms. The third kappa shape index (κ3) is 3.10. The highest BCUT2D eigenvalue weighted by Crippen LogP contribution is 2.18. The maximum absolute atomic E-state index is 12.3. The largest absolute Gasteiger partial charge is 0.339 e. The van der Waals surface area contributed by atoms with E-state index in [1.54, 1.807) is 30.7 Å². The number of anilines is 1. The first-order valence-electron chi connectivity index (χ1n) is 7.45. The fourth-order valence-electron chi connectivity index (χ4n) is 2.49. The summed E-state index contributed by atoms with van der Waals surface area (Å²) in [6.45, 7) is 4.30. The van der Waals surface area contributed by atoms with E-state index >= 15 is 0 Å². The van der Waals surface area contributed by atoms with Gasteiger partial charge in [0.2, 0.25) is 6.41 Å². The minimum absolute atomic E-state index is 0.232. The fraction of sp³-hybridized carbons (Fsp3) is 0.176. The van der Waals surface area contributed by atoms with Crippen molar-refractivity contribution < 1.29 is 4.79 Å². The second kappa shape index (κ2) is 6.49. The summed E-state index contributed by atoms with van der Waals surface area (Å²) >= 11 is 0. The van der Waals surface area contributed by atoms with E-state index < -0.39 is 0 Å². The van der Waals surface area contributed by atoms with Crippen LogP contribution in [0.2, 0.25) is 0 Å². The van der Waals surface area contributed by atoms with Crippen LogP contribution in [-0.2, 0) is 11.3 Å². The average Bonchev–Trinajstić information content (AvgIpc) is 2.95. The van der Waals surface area contributed by atoms with Gasteiger partial charge in [-0.2, -0.15) is 0 Å². The van der Waals surface area contributed by atoms with Crippen molar-refractivity contribution in [1.82, 2.24) is 19.5 Å². The number of imidazole rings is 1. The van der Waals surface area contributed by atoms with Crippen LogP contribution in [-0.4, -0.2) is 25.9 Å². The Kier molecular flexibility index (Phi) is 4.24. The molecule has 24 heavy (non-hydrogen) atoms. The van der Waals surface area contributed by atoms with Gasteiger partial charge in [-0.25, -0.2) is 4.98 Å². The number of pyridine rings is 2. The molecule has 0 atom stereocenters. The van der Waals surface area contributed by atoms with Gasteiger partial charge in [-0.15, -0.1) is 0 Å². The van der Waals surface area contributed by atoms with Gasteiger partial charge in [0.1, 0.15) is 11.5 Å². The van der Waals surface area contributed by atoms with Crippen LogP contribution in [0.3, 0.4) is 0 Å². The summed E-state index contributed by atoms with van der Waals surface area (Å²) in [6, 6.07) is 3.26. The number of allylic oxidation sites excluding steroid dienone is 1. The molecule has 0 aromatic carbocycles. The third-order valence-corrected chi connectivity index (χ3v) is 3.47. The monoisotopic (exact) mass is 323 g/mol. The summed E-state index contributed by atoms with van der Waals surface area (Å²) in [6.07, 6.45) is 7.63. The van der Waals surface area contributed by atoms with Crippen molar-refractivity contribution in [3.05, 3.63) is 58.0 Å². The second-order valence-corrected chi connectivity index (χ2v) is 5.65. The van der Waals surface area contributed by atoms with Crippen molar-refractivity contribution in [3.8, 4) is 0 Å². The fourth-order valence-corrected chi connectivity index (χ4v) is 2.49. The Morgan fingerprint density at radius 3 is 2.96 bits per heavy atom. The number of aromatic amines is 1. The second-order valence-electron chi connectivity index (χ2n) is 5.65. The molecular formula is C17H17N5O2. The van der Waals surface area contributed by atoms with Gasteiger partial charge in [0, 0.05) is 18.0 Å². The summed E-state index contributed by atoms with van der Waals surface area (Å²) < 4.78 is 1.48. The Morgan fingerprint density at radius 2 is 2.21 bits per heavy atom. The molecule has 0 bridgehead atoms. The van der Waals surface area contributed by atoms with E-state index in [-0.39, 0.29) is 17.8 Å². The Labute approximate surface area is 138 Å². The third-order valence-electron chi connectivity index (χ3n) is 3.47. The molecule has 122 valence electrons. The molecule has 0 aliphatic carbocycles. The van der Waals surface area contributed by atoms with Gasteiger partial charge < -0.3 is 14.9 Å². The van der Waals surface area contributed by atoms with Gasteiger partial charge in [-0.05, 0) is 26.0 Å². The lowest BCUT2D eigenvalue weighted by Gasteiger charge is -2.05. The summed E-state index contributed by atoms with van der Waals surface area (Å²) in [5.74, 6) is 0.645. The number of aromatic nitrogens is 4. The molecule has 3 rings (SSSR count). The first-order valence-corrected chi connectivity index (χ1v) is 7.45. The first kappa shape index (κ1) is 15.7. The predicted molar refractivity (Wildman–Crippen MR) is 92.7 cm³/mol. The molecule has 0 radical (unpaired) electrons. The highest BCUT2D eigenvalue weighted by atomic mass is 16.1. The number of carbonyl (C=O) groups excluding carboxylic acids is 1. The van der Waals surface area contributed by atoms with Crippen molar-refractivity contribution in [2.24, 2.45) is 0 Å². The molecule has 0 spiro atoms. The quantitative estimate of drug-likeness (QED) is 0.704. The van der Waals surface area contributed by atoms with Crippen LogP contribution in [0.25, 0.3) is 17.1 Å². The van der Waals surface area contributed by atoms with Gasteiger partial charge >= 0.3 is 0 Å². The lowest BCUT2D eigenvalue weighted by atomic mass is 10.2. The van der Waals surface area contributed by atoms with Crippen LogP contribution in [0.5, 0.6) is 0 Å². The van der Waals surface area contributed by atoms with Crippen LogP contribution in [0.15, 0.2) is 41.1 Å². The smallest absolute Gasteiger partial charge is 0.274 e. The van der Waals surface area contributed by atoms with Gasteiger partial charge in [-0.1, -0.05) is 11.6 Å². The number of hydrogen-bond donors (Lipinski definition) is 2. The van der Waals surface area contributed by atoms with Crippen LogP contribution in [0, 0.1) is 0 Å². The normalized spacial score (nSPS) is 10.6. The maximum atomic E-state index is 12.3. The topological polar surface area (TPSA) is 92.7 Å². The molecule has 0 fully saturated rings. The summed E-state index contributed by atoms with van der Waals surface area (Å²) in [5.41, 5.74) is 3.66. The highest BCUT2D eigenvalue weighted by Gasteiger charge is 2.09. The summed E-state index contributed by atoms with van der Waals surface area (Å²) in [7, 11) is 0. The van der Waals surface area contributed by atoms with Crippen LogP contribution >= 0.6 is 0 Å². The zero-order valence-corrected chi connectivity index (χ0v) is 13.4. The zero-order valence-electron chi connectivity index (χ0n) is 13.4. The summed E-state index contributed by atoms with van der Waals surface area (Å²) in [4.78, 5) is 34.8. The maximum Gasteiger partial charge on any atom is 0.274 e. The Hall–Kier alpha value is -3.22. The minimum atomic E-state index is -0.285. The molecule has 1 amide bonds. The molecular weight excluding hydrogens is 306 g/mol. The minimum Gasteiger partial charge on any atom is -0.339 e. The van der Waals surface area contributed by atoms with Gasteiger partial charge in [0.15, 0.2) is 0 Å². The van der Waals surface area contributed by atoms with Crippen molar-refractivity contribution in [1.29, 1.82) is 0 Å². The van der Waals surface area contributed by atoms with Gasteiger partial charge in [0.25, 0.3) is 5.56 Å². The molecule has 0 aliphatic rings. The molecule has 2 N–H and O–H groups in total. The van der Waals surface area contributed by atoms with Gasteiger partial charge in [-0.3, -0.25) is 14.6 Å². The molecule has 0 unspecified atom stereocenters. The number of H-pyrrole nitrogens is 1. The molecule has 3 aromatic rings. The van der Waals surface area contributed by atoms with Crippen LogP contribution in [0.1, 0.15) is 25.2 Å². The number of nitrogens with zero attached hydrogens (tertiary/aromatic N) is 3. The molecule has 3 heterocycles. The molecule has 0 saturated heterocycles. The van der Waals surface area contributed by atoms with Gasteiger partial charge in [0.05, 0.1) is 23.8 Å². The van der Waals surface area contributed by atoms with Crippen molar-refractivity contribution >= 4 is 29.2 Å². The van der Waals surface area contributed by atoms with E-state index in [1.165, 1.54) is 4.57 Å². The predicted octanol–water partition coefficient (Wildman–Crippen LogP) is 2.16. The number of fused-ring (bicyclic) bond motifs is 1. The standard InChI is InChI=1S/C17H17N5O2/c1-11(2)6-12-7-18-8-14-16(12)21-15(20-14)9-22-5-3-4-13(17(22)24)19-10-23/h3-8,10H,9H2,1-2H3,(H,19,23)(H,20,21). The van der Waals surface area contributed by atoms with Crippen molar-refractivity contribution in [3.63, 3.8) is 0 Å². The average molecular weight is 323 g/mol. The van der Waals surface area contributed by atoms with E-state index in [0.29, 0.717) is 12.2 Å². The molecule has 7 nitrogen and oxygen atoms in total. The first-order chi connectivity index (χ1) is 11.6. The number of rotatable bonds is 5. The Balaban J connectivity index is 2.00. The zero-order chi connectivity index (χ0) is 17.1. The highest BCUT2D eigenvalue weighted by molar-refractivity contribution is 5.84. The molecule has 0 saturated carbocycles. The van der Waals surface area contributed by atoms with E-state index in [4.69, 9.17) is 0 Å². The Bertz CT molecular complexity index is 980. The van der Waals surface area contributed by atoms with E-state index in [0.717, 1.165) is 22.2 Å².